The molecule has 0 fully saturated rings. The summed E-state index contributed by atoms with van der Waals surface area (Å²) in [6, 6.07) is 4.66. The van der Waals surface area contributed by atoms with Gasteiger partial charge >= 0.3 is 6.09 Å². The maximum absolute atomic E-state index is 13.8. The number of aromatic nitrogens is 3. The molecule has 3 heterocycles. The highest BCUT2D eigenvalue weighted by molar-refractivity contribution is 5.68. The van der Waals surface area contributed by atoms with Crippen molar-refractivity contribution in [2.45, 2.75) is 39.5 Å². The lowest BCUT2D eigenvalue weighted by Gasteiger charge is -2.30. The monoisotopic (exact) mass is 318 g/mol. The van der Waals surface area contributed by atoms with Crippen LogP contribution in [0.5, 0.6) is 0 Å². The highest BCUT2D eigenvalue weighted by Crippen LogP contribution is 2.23. The Kier molecular flexibility index (Phi) is 3.79. The zero-order valence-electron chi connectivity index (χ0n) is 13.4. The van der Waals surface area contributed by atoms with E-state index in [4.69, 9.17) is 4.74 Å². The summed E-state index contributed by atoms with van der Waals surface area (Å²) in [6.07, 6.45) is 1.18. The number of hydrogen-bond acceptors (Lipinski definition) is 4. The normalized spacial score (nSPS) is 14.5. The summed E-state index contributed by atoms with van der Waals surface area (Å²) in [5.41, 5.74) is 1.00. The highest BCUT2D eigenvalue weighted by atomic mass is 19.1. The minimum atomic E-state index is -0.531. The van der Waals surface area contributed by atoms with Gasteiger partial charge in [0.25, 0.3) is 0 Å². The van der Waals surface area contributed by atoms with Gasteiger partial charge in [0.15, 0.2) is 5.82 Å². The number of pyridine rings is 1. The molecule has 23 heavy (non-hydrogen) atoms. The number of nitrogens with zero attached hydrogens (tertiary/aromatic N) is 4. The molecule has 0 unspecified atom stereocenters. The summed E-state index contributed by atoms with van der Waals surface area (Å²) >= 11 is 0. The minimum Gasteiger partial charge on any atom is -0.444 e. The zero-order chi connectivity index (χ0) is 16.6. The second-order valence-electron chi connectivity index (χ2n) is 6.48. The van der Waals surface area contributed by atoms with Crippen LogP contribution < -0.4 is 0 Å². The Morgan fingerprint density at radius 2 is 2.13 bits per heavy atom. The number of carbonyl (C=O) groups is 1. The first kappa shape index (κ1) is 15.5. The third-order valence-electron chi connectivity index (χ3n) is 3.45. The number of halogens is 1. The molecule has 0 N–H and O–H groups in total. The highest BCUT2D eigenvalue weighted by Gasteiger charge is 2.27. The summed E-state index contributed by atoms with van der Waals surface area (Å²) in [4.78, 5) is 17.8. The summed E-state index contributed by atoms with van der Waals surface area (Å²) in [5.74, 6) is -0.410. The molecule has 3 rings (SSSR count). The second-order valence-corrected chi connectivity index (χ2v) is 6.48. The maximum atomic E-state index is 13.8. The molecule has 1 aliphatic heterocycles. The van der Waals surface area contributed by atoms with E-state index < -0.39 is 11.4 Å². The van der Waals surface area contributed by atoms with Crippen molar-refractivity contribution in [3.05, 3.63) is 35.9 Å². The van der Waals surface area contributed by atoms with Gasteiger partial charge in [-0.25, -0.2) is 9.18 Å². The molecule has 0 atom stereocenters. The molecule has 0 saturated carbocycles. The van der Waals surface area contributed by atoms with Crippen molar-refractivity contribution in [3.63, 3.8) is 0 Å². The Labute approximate surface area is 133 Å². The second kappa shape index (κ2) is 5.64. The van der Waals surface area contributed by atoms with Crippen molar-refractivity contribution in [1.29, 1.82) is 0 Å². The van der Waals surface area contributed by atoms with Crippen LogP contribution in [0.15, 0.2) is 24.4 Å². The number of hydrogen-bond donors (Lipinski definition) is 0. The van der Waals surface area contributed by atoms with E-state index in [9.17, 15) is 9.18 Å². The summed E-state index contributed by atoms with van der Waals surface area (Å²) < 4.78 is 21.0. The van der Waals surface area contributed by atoms with Crippen LogP contribution in [-0.4, -0.2) is 37.9 Å². The molecule has 2 aromatic rings. The molecule has 6 nitrogen and oxygen atoms in total. The third kappa shape index (κ3) is 3.33. The van der Waals surface area contributed by atoms with Gasteiger partial charge in [0.05, 0.1) is 18.8 Å². The van der Waals surface area contributed by atoms with Crippen LogP contribution in [-0.2, 0) is 17.8 Å². The Morgan fingerprint density at radius 3 is 2.83 bits per heavy atom. The van der Waals surface area contributed by atoms with E-state index in [1.165, 1.54) is 12.3 Å². The van der Waals surface area contributed by atoms with Crippen LogP contribution in [0.1, 0.15) is 26.5 Å². The van der Waals surface area contributed by atoms with Crippen LogP contribution in [0.3, 0.4) is 0 Å². The Bertz CT molecular complexity index is 736. The number of carbonyl (C=O) groups excluding carboxylic acids is 1. The van der Waals surface area contributed by atoms with Crippen LogP contribution in [0, 0.1) is 5.82 Å². The first-order valence-corrected chi connectivity index (χ1v) is 7.49. The number of fused-ring (bicyclic) bond motifs is 1. The van der Waals surface area contributed by atoms with E-state index in [0.717, 1.165) is 5.69 Å². The predicted molar refractivity (Wildman–Crippen MR) is 82.1 cm³/mol. The first-order chi connectivity index (χ1) is 10.8. The van der Waals surface area contributed by atoms with E-state index >= 15 is 0 Å². The number of rotatable bonds is 1. The van der Waals surface area contributed by atoms with E-state index in [2.05, 4.69) is 10.1 Å². The maximum Gasteiger partial charge on any atom is 0.410 e. The van der Waals surface area contributed by atoms with E-state index in [-0.39, 0.29) is 11.8 Å². The SMILES string of the molecule is CC(C)(C)OC(=O)N1CCn2nc(-c3ncccc3F)cc2C1. The predicted octanol–water partition coefficient (Wildman–Crippen LogP) is 2.83. The molecular formula is C16H19FN4O2. The van der Waals surface area contributed by atoms with Crippen LogP contribution in [0.4, 0.5) is 9.18 Å². The summed E-state index contributed by atoms with van der Waals surface area (Å²) in [5, 5.41) is 4.39. The van der Waals surface area contributed by atoms with Gasteiger partial charge < -0.3 is 9.64 Å². The molecule has 7 heteroatoms. The van der Waals surface area contributed by atoms with Gasteiger partial charge in [0, 0.05) is 12.7 Å². The fourth-order valence-corrected chi connectivity index (χ4v) is 2.44. The topological polar surface area (TPSA) is 60.2 Å². The lowest BCUT2D eigenvalue weighted by atomic mass is 10.2. The van der Waals surface area contributed by atoms with Crippen molar-refractivity contribution in [2.24, 2.45) is 0 Å². The standard InChI is InChI=1S/C16H19FN4O2/c1-16(2,3)23-15(22)20-7-8-21-11(10-20)9-13(19-21)14-12(17)5-4-6-18-14/h4-6,9H,7-8,10H2,1-3H3. The van der Waals surface area contributed by atoms with Crippen molar-refractivity contribution in [2.75, 3.05) is 6.54 Å². The van der Waals surface area contributed by atoms with Gasteiger partial charge in [-0.1, -0.05) is 0 Å². The van der Waals surface area contributed by atoms with Crippen molar-refractivity contribution >= 4 is 6.09 Å². The van der Waals surface area contributed by atoms with Crippen molar-refractivity contribution < 1.29 is 13.9 Å². The van der Waals surface area contributed by atoms with Gasteiger partial charge in [-0.05, 0) is 39.0 Å². The van der Waals surface area contributed by atoms with E-state index in [1.54, 1.807) is 21.7 Å². The molecule has 0 spiro atoms. The first-order valence-electron chi connectivity index (χ1n) is 7.49. The summed E-state index contributed by atoms with van der Waals surface area (Å²) in [7, 11) is 0. The quantitative estimate of drug-likeness (QED) is 0.811. The van der Waals surface area contributed by atoms with Gasteiger partial charge in [-0.3, -0.25) is 9.67 Å². The number of amides is 1. The van der Waals surface area contributed by atoms with Gasteiger partial charge in [0.1, 0.15) is 17.0 Å². The molecule has 0 aromatic carbocycles. The lowest BCUT2D eigenvalue weighted by molar-refractivity contribution is 0.0194. The van der Waals surface area contributed by atoms with Gasteiger partial charge in [-0.2, -0.15) is 5.10 Å². The Balaban J connectivity index is 1.80. The molecule has 2 aromatic heterocycles. The molecule has 0 radical (unpaired) electrons. The molecule has 122 valence electrons. The third-order valence-corrected chi connectivity index (χ3v) is 3.45. The average Bonchev–Trinajstić information content (AvgIpc) is 2.88. The van der Waals surface area contributed by atoms with Crippen LogP contribution in [0.25, 0.3) is 11.4 Å². The molecule has 0 saturated heterocycles. The molecular weight excluding hydrogens is 299 g/mol. The lowest BCUT2D eigenvalue weighted by Crippen LogP contribution is -2.41. The van der Waals surface area contributed by atoms with E-state index in [0.29, 0.717) is 25.3 Å². The van der Waals surface area contributed by atoms with Gasteiger partial charge in [0.2, 0.25) is 0 Å². The van der Waals surface area contributed by atoms with Crippen LogP contribution in [0.2, 0.25) is 0 Å². The van der Waals surface area contributed by atoms with E-state index in [1.807, 2.05) is 20.8 Å². The Hall–Kier alpha value is -2.44. The zero-order valence-corrected chi connectivity index (χ0v) is 13.4. The fraction of sp³-hybridized carbons (Fsp3) is 0.438. The molecule has 1 amide bonds. The number of ether oxygens (including phenoxy) is 1. The van der Waals surface area contributed by atoms with Gasteiger partial charge in [-0.15, -0.1) is 0 Å². The Morgan fingerprint density at radius 1 is 1.35 bits per heavy atom. The smallest absolute Gasteiger partial charge is 0.410 e. The fourth-order valence-electron chi connectivity index (χ4n) is 2.44. The molecule has 0 aliphatic carbocycles. The average molecular weight is 318 g/mol. The van der Waals surface area contributed by atoms with Crippen LogP contribution >= 0.6 is 0 Å². The molecule has 1 aliphatic rings. The van der Waals surface area contributed by atoms with Crippen molar-refractivity contribution in [3.8, 4) is 11.4 Å². The minimum absolute atomic E-state index is 0.221. The van der Waals surface area contributed by atoms with Crippen molar-refractivity contribution in [1.82, 2.24) is 19.7 Å². The largest absolute Gasteiger partial charge is 0.444 e. The summed E-state index contributed by atoms with van der Waals surface area (Å²) in [6.45, 7) is 6.94. The molecule has 0 bridgehead atoms.